The van der Waals surface area contributed by atoms with Gasteiger partial charge >= 0.3 is 0 Å². The molecule has 3 aliphatic rings. The number of nitrogens with one attached hydrogen (secondary N) is 2. The molecule has 0 amide bonds. The zero-order chi connectivity index (χ0) is 9.86. The first-order valence-electron chi connectivity index (χ1n) is 6.29. The molecule has 82 valence electrons. The van der Waals surface area contributed by atoms with Gasteiger partial charge in [0.05, 0.1) is 0 Å². The van der Waals surface area contributed by atoms with Gasteiger partial charge in [0.25, 0.3) is 0 Å². The Hall–Kier alpha value is -0.0800. The summed E-state index contributed by atoms with van der Waals surface area (Å²) < 4.78 is 0. The van der Waals surface area contributed by atoms with E-state index in [1.165, 1.54) is 58.2 Å². The van der Waals surface area contributed by atoms with Crippen LogP contribution in [0, 0.1) is 5.41 Å². The molecule has 3 saturated heterocycles. The van der Waals surface area contributed by atoms with Crippen molar-refractivity contribution in [2.75, 3.05) is 19.6 Å². The van der Waals surface area contributed by atoms with E-state index in [2.05, 4.69) is 17.6 Å². The fourth-order valence-electron chi connectivity index (χ4n) is 2.92. The lowest BCUT2D eigenvalue weighted by atomic mass is 9.76. The molecule has 2 heteroatoms. The summed E-state index contributed by atoms with van der Waals surface area (Å²) in [7, 11) is 0. The quantitative estimate of drug-likeness (QED) is 0.671. The molecule has 0 radical (unpaired) electrons. The maximum absolute atomic E-state index is 3.69. The summed E-state index contributed by atoms with van der Waals surface area (Å²) >= 11 is 0. The summed E-state index contributed by atoms with van der Waals surface area (Å²) in [5.41, 5.74) is 0.599. The van der Waals surface area contributed by atoms with Crippen molar-refractivity contribution in [1.82, 2.24) is 10.6 Å². The highest BCUT2D eigenvalue weighted by atomic mass is 15.1. The average Bonchev–Trinajstić information content (AvgIpc) is 2.52. The van der Waals surface area contributed by atoms with Crippen LogP contribution in [0.4, 0.5) is 0 Å². The Balaban J connectivity index is 1.86. The largest absolute Gasteiger partial charge is 0.315 e. The molecule has 0 aromatic carbocycles. The summed E-state index contributed by atoms with van der Waals surface area (Å²) in [6.45, 7) is 5.99. The van der Waals surface area contributed by atoms with Crippen molar-refractivity contribution in [3.8, 4) is 0 Å². The second kappa shape index (κ2) is 4.63. The Kier molecular flexibility index (Phi) is 3.45. The molecule has 0 aromatic rings. The lowest BCUT2D eigenvalue weighted by Gasteiger charge is -2.37. The van der Waals surface area contributed by atoms with E-state index in [9.17, 15) is 0 Å². The number of fused-ring (bicyclic) bond motifs is 4. The van der Waals surface area contributed by atoms with Gasteiger partial charge in [0.15, 0.2) is 0 Å². The SMILES string of the molecule is CCCCCC12CCC(CNC1)NC2. The summed E-state index contributed by atoms with van der Waals surface area (Å²) in [5, 5.41) is 7.30. The van der Waals surface area contributed by atoms with Gasteiger partial charge in [-0.2, -0.15) is 0 Å². The second-order valence-corrected chi connectivity index (χ2v) is 5.20. The van der Waals surface area contributed by atoms with Crippen LogP contribution in [0.25, 0.3) is 0 Å². The molecular formula is C12H24N2. The summed E-state index contributed by atoms with van der Waals surface area (Å²) in [6.07, 6.45) is 8.43. The minimum atomic E-state index is 0.599. The smallest absolute Gasteiger partial charge is 0.0192 e. The number of unbranched alkanes of at least 4 members (excludes halogenated alkanes) is 2. The molecule has 2 atom stereocenters. The maximum atomic E-state index is 3.69. The van der Waals surface area contributed by atoms with Crippen LogP contribution in [0.1, 0.15) is 45.4 Å². The number of piperidine rings is 1. The predicted octanol–water partition coefficient (Wildman–Crippen LogP) is 1.91. The van der Waals surface area contributed by atoms with E-state index in [0.29, 0.717) is 5.41 Å². The molecule has 3 aliphatic heterocycles. The lowest BCUT2D eigenvalue weighted by Crippen LogP contribution is -2.45. The van der Waals surface area contributed by atoms with Crippen LogP contribution in [0.15, 0.2) is 0 Å². The van der Waals surface area contributed by atoms with Crippen molar-refractivity contribution in [2.45, 2.75) is 51.5 Å². The maximum Gasteiger partial charge on any atom is 0.0192 e. The fraction of sp³-hybridized carbons (Fsp3) is 1.00. The van der Waals surface area contributed by atoms with Gasteiger partial charge < -0.3 is 10.6 Å². The Labute approximate surface area is 87.8 Å². The average molecular weight is 196 g/mol. The van der Waals surface area contributed by atoms with Crippen molar-refractivity contribution >= 4 is 0 Å². The van der Waals surface area contributed by atoms with E-state index in [1.807, 2.05) is 0 Å². The summed E-state index contributed by atoms with van der Waals surface area (Å²) in [5.74, 6) is 0. The van der Waals surface area contributed by atoms with Gasteiger partial charge in [-0.15, -0.1) is 0 Å². The Morgan fingerprint density at radius 3 is 2.93 bits per heavy atom. The zero-order valence-corrected chi connectivity index (χ0v) is 9.44. The first-order chi connectivity index (χ1) is 6.85. The first-order valence-corrected chi connectivity index (χ1v) is 6.29. The Morgan fingerprint density at radius 2 is 2.21 bits per heavy atom. The van der Waals surface area contributed by atoms with Gasteiger partial charge in [0.2, 0.25) is 0 Å². The highest BCUT2D eigenvalue weighted by Gasteiger charge is 2.36. The molecular weight excluding hydrogens is 172 g/mol. The van der Waals surface area contributed by atoms with Gasteiger partial charge in [-0.05, 0) is 24.7 Å². The summed E-state index contributed by atoms with van der Waals surface area (Å²) in [6, 6.07) is 0.761. The molecule has 0 aliphatic carbocycles. The lowest BCUT2D eigenvalue weighted by molar-refractivity contribution is 0.190. The molecule has 3 rings (SSSR count). The molecule has 3 fully saturated rings. The normalized spacial score (nSPS) is 37.1. The number of hydrogen-bond acceptors (Lipinski definition) is 2. The van der Waals surface area contributed by atoms with Crippen LogP contribution in [0.3, 0.4) is 0 Å². The third-order valence-electron chi connectivity index (χ3n) is 3.99. The van der Waals surface area contributed by atoms with E-state index in [0.717, 1.165) is 6.04 Å². The van der Waals surface area contributed by atoms with Gasteiger partial charge in [-0.25, -0.2) is 0 Å². The van der Waals surface area contributed by atoms with Gasteiger partial charge in [0, 0.05) is 25.7 Å². The standard InChI is InChI=1S/C12H24N2/c1-2-3-4-6-12-7-5-11(14-10-12)8-13-9-12/h11,13-14H,2-10H2,1H3. The number of rotatable bonds is 4. The van der Waals surface area contributed by atoms with Gasteiger partial charge in [0.1, 0.15) is 0 Å². The topological polar surface area (TPSA) is 24.1 Å². The Bertz CT molecular complexity index is 166. The molecule has 0 aromatic heterocycles. The van der Waals surface area contributed by atoms with Crippen molar-refractivity contribution in [1.29, 1.82) is 0 Å². The predicted molar refractivity (Wildman–Crippen MR) is 60.5 cm³/mol. The highest BCUT2D eigenvalue weighted by Crippen LogP contribution is 2.34. The first kappa shape index (κ1) is 10.4. The Morgan fingerprint density at radius 1 is 1.29 bits per heavy atom. The van der Waals surface area contributed by atoms with E-state index < -0.39 is 0 Å². The van der Waals surface area contributed by atoms with Crippen LogP contribution >= 0.6 is 0 Å². The van der Waals surface area contributed by atoms with Crippen molar-refractivity contribution in [3.63, 3.8) is 0 Å². The van der Waals surface area contributed by atoms with Crippen molar-refractivity contribution in [3.05, 3.63) is 0 Å². The van der Waals surface area contributed by atoms with Crippen LogP contribution in [-0.4, -0.2) is 25.7 Å². The van der Waals surface area contributed by atoms with E-state index in [-0.39, 0.29) is 0 Å². The highest BCUT2D eigenvalue weighted by molar-refractivity contribution is 4.95. The molecule has 2 bridgehead atoms. The molecule has 2 N–H and O–H groups in total. The van der Waals surface area contributed by atoms with Crippen LogP contribution in [-0.2, 0) is 0 Å². The third kappa shape index (κ3) is 2.29. The molecule has 2 unspecified atom stereocenters. The molecule has 0 saturated carbocycles. The van der Waals surface area contributed by atoms with Gasteiger partial charge in [-0.1, -0.05) is 26.2 Å². The molecule has 14 heavy (non-hydrogen) atoms. The minimum Gasteiger partial charge on any atom is -0.315 e. The minimum absolute atomic E-state index is 0.599. The van der Waals surface area contributed by atoms with E-state index >= 15 is 0 Å². The second-order valence-electron chi connectivity index (χ2n) is 5.20. The number of hydrogen-bond donors (Lipinski definition) is 2. The van der Waals surface area contributed by atoms with Crippen molar-refractivity contribution in [2.24, 2.45) is 5.41 Å². The van der Waals surface area contributed by atoms with Crippen LogP contribution in [0.5, 0.6) is 0 Å². The fourth-order valence-corrected chi connectivity index (χ4v) is 2.92. The van der Waals surface area contributed by atoms with Crippen LogP contribution in [0.2, 0.25) is 0 Å². The molecule has 2 nitrogen and oxygen atoms in total. The summed E-state index contributed by atoms with van der Waals surface area (Å²) in [4.78, 5) is 0. The zero-order valence-electron chi connectivity index (χ0n) is 9.44. The van der Waals surface area contributed by atoms with E-state index in [1.54, 1.807) is 0 Å². The molecule has 0 spiro atoms. The van der Waals surface area contributed by atoms with Crippen molar-refractivity contribution < 1.29 is 0 Å². The van der Waals surface area contributed by atoms with E-state index in [4.69, 9.17) is 0 Å². The third-order valence-corrected chi connectivity index (χ3v) is 3.99. The molecule has 3 heterocycles. The van der Waals surface area contributed by atoms with Gasteiger partial charge in [-0.3, -0.25) is 0 Å². The van der Waals surface area contributed by atoms with Crippen LogP contribution < -0.4 is 10.6 Å². The monoisotopic (exact) mass is 196 g/mol.